The fourth-order valence-corrected chi connectivity index (χ4v) is 2.10. The number of hydrogen-bond donors (Lipinski definition) is 2. The van der Waals surface area contributed by atoms with Crippen molar-refractivity contribution in [3.8, 4) is 11.3 Å². The molecule has 0 unspecified atom stereocenters. The Balaban J connectivity index is 1.80. The van der Waals surface area contributed by atoms with Crippen molar-refractivity contribution in [3.63, 3.8) is 0 Å². The molecule has 114 valence electrons. The second kappa shape index (κ2) is 6.10. The predicted molar refractivity (Wildman–Crippen MR) is 85.1 cm³/mol. The lowest BCUT2D eigenvalue weighted by atomic mass is 10.1. The third kappa shape index (κ3) is 3.24. The topological polar surface area (TPSA) is 101 Å². The van der Waals surface area contributed by atoms with Crippen LogP contribution in [0.1, 0.15) is 10.4 Å². The Bertz CT molecular complexity index is 859. The van der Waals surface area contributed by atoms with Crippen molar-refractivity contribution >= 4 is 17.4 Å². The normalized spacial score (nSPS) is 10.3. The number of carbonyl (C=O) groups excluding carboxylic acids is 1. The van der Waals surface area contributed by atoms with Gasteiger partial charge in [-0.25, -0.2) is 0 Å². The van der Waals surface area contributed by atoms with Crippen LogP contribution in [0.2, 0.25) is 0 Å². The molecule has 0 aliphatic carbocycles. The van der Waals surface area contributed by atoms with Gasteiger partial charge in [-0.05, 0) is 12.1 Å². The molecule has 0 spiro atoms. The van der Waals surface area contributed by atoms with Crippen LogP contribution in [0.5, 0.6) is 0 Å². The molecule has 0 aliphatic heterocycles. The van der Waals surface area contributed by atoms with Gasteiger partial charge in [-0.15, -0.1) is 0 Å². The van der Waals surface area contributed by atoms with E-state index in [4.69, 9.17) is 0 Å². The van der Waals surface area contributed by atoms with Gasteiger partial charge in [-0.2, -0.15) is 5.10 Å². The summed E-state index contributed by atoms with van der Waals surface area (Å²) >= 11 is 0. The number of non-ortho nitro benzene ring substituents is 1. The van der Waals surface area contributed by atoms with E-state index in [1.165, 1.54) is 12.1 Å². The van der Waals surface area contributed by atoms with Crippen molar-refractivity contribution in [1.29, 1.82) is 0 Å². The quantitative estimate of drug-likeness (QED) is 0.570. The molecule has 0 fully saturated rings. The number of nitrogens with zero attached hydrogens (tertiary/aromatic N) is 2. The van der Waals surface area contributed by atoms with Crippen LogP contribution >= 0.6 is 0 Å². The zero-order valence-corrected chi connectivity index (χ0v) is 11.9. The van der Waals surface area contributed by atoms with Crippen molar-refractivity contribution in [2.24, 2.45) is 0 Å². The molecule has 23 heavy (non-hydrogen) atoms. The van der Waals surface area contributed by atoms with E-state index in [-0.39, 0.29) is 11.6 Å². The standard InChI is InChI=1S/C16H12N4O3/c21-16(11-5-2-1-3-6-11)17-15-10-14(18-19-15)12-7-4-8-13(9-12)20(22)23/h1-10H,(H2,17,18,19,21). The number of hydrogen-bond acceptors (Lipinski definition) is 4. The van der Waals surface area contributed by atoms with E-state index in [1.807, 2.05) is 6.07 Å². The number of benzene rings is 2. The number of anilines is 1. The van der Waals surface area contributed by atoms with Crippen LogP contribution in [0.3, 0.4) is 0 Å². The summed E-state index contributed by atoms with van der Waals surface area (Å²) in [5.41, 5.74) is 1.71. The monoisotopic (exact) mass is 308 g/mol. The van der Waals surface area contributed by atoms with Crippen molar-refractivity contribution in [1.82, 2.24) is 10.2 Å². The summed E-state index contributed by atoms with van der Waals surface area (Å²) in [5.74, 6) is 0.0723. The van der Waals surface area contributed by atoms with Gasteiger partial charge in [-0.1, -0.05) is 30.3 Å². The largest absolute Gasteiger partial charge is 0.305 e. The summed E-state index contributed by atoms with van der Waals surface area (Å²) < 4.78 is 0. The van der Waals surface area contributed by atoms with Gasteiger partial charge in [0.1, 0.15) is 0 Å². The Morgan fingerprint density at radius 3 is 2.61 bits per heavy atom. The van der Waals surface area contributed by atoms with Crippen LogP contribution in [0.25, 0.3) is 11.3 Å². The molecule has 3 aromatic rings. The van der Waals surface area contributed by atoms with Crippen molar-refractivity contribution in [3.05, 3.63) is 76.3 Å². The summed E-state index contributed by atoms with van der Waals surface area (Å²) in [4.78, 5) is 22.4. The van der Waals surface area contributed by atoms with Crippen molar-refractivity contribution < 1.29 is 9.72 Å². The van der Waals surface area contributed by atoms with E-state index in [0.29, 0.717) is 22.6 Å². The van der Waals surface area contributed by atoms with Gasteiger partial charge in [0.2, 0.25) is 0 Å². The third-order valence-electron chi connectivity index (χ3n) is 3.22. The highest BCUT2D eigenvalue weighted by Crippen LogP contribution is 2.24. The Morgan fingerprint density at radius 1 is 1.09 bits per heavy atom. The molecule has 0 atom stereocenters. The number of nitro groups is 1. The number of aromatic nitrogens is 2. The minimum absolute atomic E-state index is 0.00743. The summed E-state index contributed by atoms with van der Waals surface area (Å²) in [6, 6.07) is 16.6. The minimum Gasteiger partial charge on any atom is -0.305 e. The molecule has 0 radical (unpaired) electrons. The molecule has 2 N–H and O–H groups in total. The summed E-state index contributed by atoms with van der Waals surface area (Å²) in [5, 5.41) is 20.2. The summed E-state index contributed by atoms with van der Waals surface area (Å²) in [6.45, 7) is 0. The van der Waals surface area contributed by atoms with Crippen LogP contribution in [0.4, 0.5) is 11.5 Å². The lowest BCUT2D eigenvalue weighted by Gasteiger charge is -2.00. The third-order valence-corrected chi connectivity index (χ3v) is 3.22. The number of nitrogens with one attached hydrogen (secondary N) is 2. The van der Waals surface area contributed by atoms with E-state index >= 15 is 0 Å². The van der Waals surface area contributed by atoms with Gasteiger partial charge in [-0.3, -0.25) is 20.0 Å². The molecule has 2 aromatic carbocycles. The van der Waals surface area contributed by atoms with Crippen molar-refractivity contribution in [2.75, 3.05) is 5.32 Å². The van der Waals surface area contributed by atoms with E-state index in [2.05, 4.69) is 15.5 Å². The highest BCUT2D eigenvalue weighted by atomic mass is 16.6. The molecule has 0 saturated heterocycles. The zero-order valence-electron chi connectivity index (χ0n) is 11.9. The lowest BCUT2D eigenvalue weighted by molar-refractivity contribution is -0.384. The Labute approximate surface area is 131 Å². The summed E-state index contributed by atoms with van der Waals surface area (Å²) in [7, 11) is 0. The zero-order chi connectivity index (χ0) is 16.2. The van der Waals surface area contributed by atoms with E-state index < -0.39 is 4.92 Å². The number of nitro benzene ring substituents is 1. The fourth-order valence-electron chi connectivity index (χ4n) is 2.10. The van der Waals surface area contributed by atoms with E-state index in [0.717, 1.165) is 0 Å². The minimum atomic E-state index is -0.460. The first kappa shape index (κ1) is 14.5. The molecule has 0 saturated carbocycles. The van der Waals surface area contributed by atoms with Crippen LogP contribution in [-0.4, -0.2) is 21.0 Å². The fraction of sp³-hybridized carbons (Fsp3) is 0. The molecule has 7 heteroatoms. The maximum absolute atomic E-state index is 12.0. The van der Waals surface area contributed by atoms with Gasteiger partial charge in [0.05, 0.1) is 10.6 Å². The second-order valence-electron chi connectivity index (χ2n) is 4.79. The number of rotatable bonds is 4. The SMILES string of the molecule is O=C(Nc1cc(-c2cccc([N+](=O)[O-])c2)[nH]n1)c1ccccc1. The molecule has 1 heterocycles. The average molecular weight is 308 g/mol. The van der Waals surface area contributed by atoms with Gasteiger partial charge < -0.3 is 5.32 Å². The average Bonchev–Trinajstić information content (AvgIpc) is 3.04. The Morgan fingerprint density at radius 2 is 1.87 bits per heavy atom. The first-order valence-corrected chi connectivity index (χ1v) is 6.80. The smallest absolute Gasteiger partial charge is 0.270 e. The van der Waals surface area contributed by atoms with E-state index in [9.17, 15) is 14.9 Å². The number of amides is 1. The van der Waals surface area contributed by atoms with Crippen LogP contribution in [0, 0.1) is 10.1 Å². The maximum atomic E-state index is 12.0. The van der Waals surface area contributed by atoms with Crippen LogP contribution in [0.15, 0.2) is 60.7 Å². The number of aromatic amines is 1. The molecule has 0 aliphatic rings. The highest BCUT2D eigenvalue weighted by Gasteiger charge is 2.11. The molecule has 7 nitrogen and oxygen atoms in total. The van der Waals surface area contributed by atoms with Crippen molar-refractivity contribution in [2.45, 2.75) is 0 Å². The second-order valence-corrected chi connectivity index (χ2v) is 4.79. The lowest BCUT2D eigenvalue weighted by Crippen LogP contribution is -2.11. The Hall–Kier alpha value is -3.48. The number of H-pyrrole nitrogens is 1. The number of carbonyl (C=O) groups is 1. The molecule has 1 aromatic heterocycles. The first-order valence-electron chi connectivity index (χ1n) is 6.80. The molecule has 3 rings (SSSR count). The molecular weight excluding hydrogens is 296 g/mol. The first-order chi connectivity index (χ1) is 11.1. The summed E-state index contributed by atoms with van der Waals surface area (Å²) in [6.07, 6.45) is 0. The van der Waals surface area contributed by atoms with Gasteiger partial charge in [0, 0.05) is 29.3 Å². The van der Waals surface area contributed by atoms with Gasteiger partial charge in [0.25, 0.3) is 11.6 Å². The maximum Gasteiger partial charge on any atom is 0.270 e. The van der Waals surface area contributed by atoms with Gasteiger partial charge in [0.15, 0.2) is 5.82 Å². The van der Waals surface area contributed by atoms with Crippen LogP contribution < -0.4 is 5.32 Å². The van der Waals surface area contributed by atoms with Gasteiger partial charge >= 0.3 is 0 Å². The van der Waals surface area contributed by atoms with E-state index in [1.54, 1.807) is 42.5 Å². The molecule has 1 amide bonds. The Kier molecular flexibility index (Phi) is 3.84. The van der Waals surface area contributed by atoms with Crippen LogP contribution in [-0.2, 0) is 0 Å². The highest BCUT2D eigenvalue weighted by molar-refractivity contribution is 6.03. The molecular formula is C16H12N4O3. The predicted octanol–water partition coefficient (Wildman–Crippen LogP) is 3.24. The molecule has 0 bridgehead atoms.